The minimum Gasteiger partial charge on any atom is -0.504 e. The Labute approximate surface area is 240 Å². The standard InChI is InChI=1S/C34H39NO4S/c1-31(20-38-18-24-15-22-5-3-4-6-26(22)40-24)19-32-11-12-34(31,37-2)30-33(32)13-14-35(17-21-7-8-21)27(32)16-23-9-10-25(36)29(39-30)28(23)33/h3-6,9-10,15,21,27,30,36H,7-8,11-14,16-20H2,1-2H3/t27-,30?,31-,32-,33+,34+/m1/s1. The molecular weight excluding hydrogens is 518 g/mol. The summed E-state index contributed by atoms with van der Waals surface area (Å²) >= 11 is 1.83. The molecule has 4 saturated carbocycles. The van der Waals surface area contributed by atoms with Crippen molar-refractivity contribution in [3.8, 4) is 11.5 Å². The monoisotopic (exact) mass is 557 g/mol. The van der Waals surface area contributed by atoms with Gasteiger partial charge in [0.25, 0.3) is 0 Å². The van der Waals surface area contributed by atoms with Gasteiger partial charge in [0.15, 0.2) is 11.5 Å². The summed E-state index contributed by atoms with van der Waals surface area (Å²) in [5, 5.41) is 12.4. The van der Waals surface area contributed by atoms with E-state index in [-0.39, 0.29) is 22.3 Å². The highest BCUT2D eigenvalue weighted by atomic mass is 32.1. The van der Waals surface area contributed by atoms with Crippen molar-refractivity contribution in [1.82, 2.24) is 4.90 Å². The number of ether oxygens (including phenoxy) is 3. The average molecular weight is 558 g/mol. The third-order valence-corrected chi connectivity index (χ3v) is 13.4. The molecule has 0 radical (unpaired) electrons. The van der Waals surface area contributed by atoms with Crippen molar-refractivity contribution in [2.75, 3.05) is 26.8 Å². The molecule has 6 heteroatoms. The van der Waals surface area contributed by atoms with Crippen molar-refractivity contribution in [1.29, 1.82) is 0 Å². The van der Waals surface area contributed by atoms with E-state index in [2.05, 4.69) is 48.2 Å². The van der Waals surface area contributed by atoms with Crippen LogP contribution in [-0.2, 0) is 27.9 Å². The predicted molar refractivity (Wildman–Crippen MR) is 156 cm³/mol. The summed E-state index contributed by atoms with van der Waals surface area (Å²) in [5.74, 6) is 1.92. The van der Waals surface area contributed by atoms with E-state index in [1.807, 2.05) is 24.5 Å². The third kappa shape index (κ3) is 2.84. The lowest BCUT2D eigenvalue weighted by Gasteiger charge is -2.76. The normalized spacial score (nSPS) is 39.0. The minimum atomic E-state index is -0.460. The molecule has 6 atom stereocenters. The molecule has 1 saturated heterocycles. The van der Waals surface area contributed by atoms with Gasteiger partial charge in [0.1, 0.15) is 11.7 Å². The molecule has 3 heterocycles. The van der Waals surface area contributed by atoms with E-state index in [1.54, 1.807) is 0 Å². The molecule has 4 bridgehead atoms. The Bertz CT molecular complexity index is 1500. The largest absolute Gasteiger partial charge is 0.504 e. The van der Waals surface area contributed by atoms with Crippen molar-refractivity contribution in [2.24, 2.45) is 16.7 Å². The number of hydrogen-bond acceptors (Lipinski definition) is 6. The lowest BCUT2D eigenvalue weighted by Crippen LogP contribution is -2.83. The van der Waals surface area contributed by atoms with E-state index in [1.165, 1.54) is 45.5 Å². The van der Waals surface area contributed by atoms with Gasteiger partial charge in [-0.15, -0.1) is 11.3 Å². The molecule has 2 aromatic carbocycles. The van der Waals surface area contributed by atoms with Crippen LogP contribution >= 0.6 is 11.3 Å². The molecule has 10 rings (SSSR count). The molecule has 3 aromatic rings. The summed E-state index contributed by atoms with van der Waals surface area (Å²) in [4.78, 5) is 4.15. The molecule has 210 valence electrons. The Kier molecular flexibility index (Phi) is 4.92. The number of phenols is 1. The van der Waals surface area contributed by atoms with Crippen molar-refractivity contribution in [3.63, 3.8) is 0 Å². The maximum atomic E-state index is 11.1. The van der Waals surface area contributed by atoms with Crippen LogP contribution in [0.5, 0.6) is 11.5 Å². The van der Waals surface area contributed by atoms with Crippen LogP contribution in [0.3, 0.4) is 0 Å². The van der Waals surface area contributed by atoms with Crippen LogP contribution in [0, 0.1) is 16.7 Å². The van der Waals surface area contributed by atoms with E-state index < -0.39 is 5.60 Å². The number of thiophene rings is 1. The number of nitrogens with zero attached hydrogens (tertiary/aromatic N) is 1. The molecular formula is C34H39NO4S. The van der Waals surface area contributed by atoms with Gasteiger partial charge in [0.2, 0.25) is 0 Å². The number of rotatable bonds is 7. The van der Waals surface area contributed by atoms with Gasteiger partial charge in [0.05, 0.1) is 13.2 Å². The van der Waals surface area contributed by atoms with Crippen molar-refractivity contribution in [3.05, 3.63) is 58.5 Å². The lowest BCUT2D eigenvalue weighted by molar-refractivity contribution is -0.314. The number of phenolic OH excluding ortho intramolecular Hbond substituents is 1. The second-order valence-electron chi connectivity index (χ2n) is 14.1. The van der Waals surface area contributed by atoms with Crippen LogP contribution in [0.1, 0.15) is 61.5 Å². The summed E-state index contributed by atoms with van der Waals surface area (Å²) in [6.07, 6.45) is 8.05. The van der Waals surface area contributed by atoms with Gasteiger partial charge in [-0.25, -0.2) is 0 Å². The Morgan fingerprint density at radius 2 is 2.00 bits per heavy atom. The highest BCUT2D eigenvalue weighted by Gasteiger charge is 2.83. The number of likely N-dealkylation sites (tertiary alicyclic amines) is 1. The first-order chi connectivity index (χ1) is 19.4. The zero-order chi connectivity index (χ0) is 26.9. The zero-order valence-corrected chi connectivity index (χ0v) is 24.4. The van der Waals surface area contributed by atoms with Crippen LogP contribution in [-0.4, -0.2) is 54.6 Å². The Hall–Kier alpha value is -2.12. The molecule has 1 unspecified atom stereocenters. The minimum absolute atomic E-state index is 0.0986. The van der Waals surface area contributed by atoms with Crippen LogP contribution in [0.15, 0.2) is 42.5 Å². The maximum Gasteiger partial charge on any atom is 0.165 e. The number of hydrogen-bond donors (Lipinski definition) is 1. The highest BCUT2D eigenvalue weighted by Crippen LogP contribution is 2.79. The van der Waals surface area contributed by atoms with Gasteiger partial charge in [-0.1, -0.05) is 31.2 Å². The lowest BCUT2D eigenvalue weighted by atomic mass is 9.32. The number of methoxy groups -OCH3 is 1. The first-order valence-electron chi connectivity index (χ1n) is 15.3. The summed E-state index contributed by atoms with van der Waals surface area (Å²) in [5.41, 5.74) is 2.08. The van der Waals surface area contributed by atoms with Crippen LogP contribution in [0.25, 0.3) is 10.1 Å². The smallest absolute Gasteiger partial charge is 0.165 e. The molecule has 0 amide bonds. The third-order valence-electron chi connectivity index (χ3n) is 12.3. The number of fused-ring (bicyclic) bond motifs is 3. The zero-order valence-electron chi connectivity index (χ0n) is 23.6. The molecule has 40 heavy (non-hydrogen) atoms. The van der Waals surface area contributed by atoms with E-state index in [0.29, 0.717) is 25.0 Å². The van der Waals surface area contributed by atoms with Gasteiger partial charge in [-0.3, -0.25) is 4.90 Å². The number of benzene rings is 2. The second-order valence-corrected chi connectivity index (χ2v) is 15.2. The molecule has 1 aromatic heterocycles. The Morgan fingerprint density at radius 3 is 2.83 bits per heavy atom. The van der Waals surface area contributed by atoms with Gasteiger partial charge in [-0.2, -0.15) is 0 Å². The fraction of sp³-hybridized carbons (Fsp3) is 0.588. The van der Waals surface area contributed by atoms with E-state index in [4.69, 9.17) is 14.2 Å². The predicted octanol–water partition coefficient (Wildman–Crippen LogP) is 6.44. The fourth-order valence-electron chi connectivity index (χ4n) is 10.6. The Balaban J connectivity index is 1.13. The first-order valence-corrected chi connectivity index (χ1v) is 16.1. The van der Waals surface area contributed by atoms with Crippen LogP contribution < -0.4 is 4.74 Å². The van der Waals surface area contributed by atoms with Gasteiger partial charge >= 0.3 is 0 Å². The van der Waals surface area contributed by atoms with E-state index >= 15 is 0 Å². The second kappa shape index (κ2) is 8.03. The molecule has 7 aliphatic rings. The van der Waals surface area contributed by atoms with Crippen LogP contribution in [0.4, 0.5) is 0 Å². The van der Waals surface area contributed by atoms with E-state index in [9.17, 15) is 5.11 Å². The maximum absolute atomic E-state index is 11.1. The first kappa shape index (κ1) is 24.5. The van der Waals surface area contributed by atoms with E-state index in [0.717, 1.165) is 50.3 Å². The molecule has 5 fully saturated rings. The highest BCUT2D eigenvalue weighted by molar-refractivity contribution is 7.19. The van der Waals surface area contributed by atoms with Gasteiger partial charge in [0, 0.05) is 51.1 Å². The van der Waals surface area contributed by atoms with Gasteiger partial charge in [-0.05, 0) is 86.6 Å². The summed E-state index contributed by atoms with van der Waals surface area (Å²) in [6.45, 7) is 6.05. The van der Waals surface area contributed by atoms with Crippen molar-refractivity contribution >= 4 is 21.4 Å². The molecule has 5 nitrogen and oxygen atoms in total. The molecule has 2 spiro atoms. The SMILES string of the molecule is CO[C@]12CC[C@@]3(C[C@]1(C)COCc1cc4ccccc4s1)[C@H]1Cc4ccc(O)c5c4[C@@]3(CCN1CC1CC1)C2O5. The fourth-order valence-corrected chi connectivity index (χ4v) is 11.6. The summed E-state index contributed by atoms with van der Waals surface area (Å²) < 4.78 is 21.7. The number of aromatic hydroxyl groups is 1. The molecule has 2 aliphatic heterocycles. The summed E-state index contributed by atoms with van der Waals surface area (Å²) in [7, 11) is 1.90. The van der Waals surface area contributed by atoms with Crippen molar-refractivity contribution < 1.29 is 19.3 Å². The molecule has 1 N–H and O–H groups in total. The molecule has 5 aliphatic carbocycles. The average Bonchev–Trinajstić information content (AvgIpc) is 3.55. The Morgan fingerprint density at radius 1 is 1.12 bits per heavy atom. The summed E-state index contributed by atoms with van der Waals surface area (Å²) in [6, 6.07) is 15.4. The topological polar surface area (TPSA) is 51.2 Å². The quantitative estimate of drug-likeness (QED) is 0.362. The van der Waals surface area contributed by atoms with Gasteiger partial charge < -0.3 is 19.3 Å². The number of piperidine rings is 1. The van der Waals surface area contributed by atoms with Crippen molar-refractivity contribution in [2.45, 2.75) is 81.6 Å². The van der Waals surface area contributed by atoms with Crippen LogP contribution in [0.2, 0.25) is 0 Å².